The van der Waals surface area contributed by atoms with Crippen LogP contribution in [0.2, 0.25) is 0 Å². The summed E-state index contributed by atoms with van der Waals surface area (Å²) in [5, 5.41) is 3.65. The monoisotopic (exact) mass is 329 g/mol. The van der Waals surface area contributed by atoms with E-state index in [9.17, 15) is 18.0 Å². The van der Waals surface area contributed by atoms with Gasteiger partial charge in [0.05, 0.1) is 5.92 Å². The van der Waals surface area contributed by atoms with Crippen molar-refractivity contribution in [3.05, 3.63) is 0 Å². The molecule has 1 saturated carbocycles. The van der Waals surface area contributed by atoms with Crippen molar-refractivity contribution in [3.8, 4) is 0 Å². The molecular formula is C12H19BrF3NO. The molecule has 6 heteroatoms. The number of hydrogen-bond donors (Lipinski definition) is 1. The smallest absolute Gasteiger partial charge is 0.353 e. The van der Waals surface area contributed by atoms with Crippen molar-refractivity contribution in [1.82, 2.24) is 5.32 Å². The lowest BCUT2D eigenvalue weighted by Crippen LogP contribution is -2.40. The van der Waals surface area contributed by atoms with Crippen molar-refractivity contribution in [1.29, 1.82) is 0 Å². The molecule has 18 heavy (non-hydrogen) atoms. The predicted molar refractivity (Wildman–Crippen MR) is 67.5 cm³/mol. The highest BCUT2D eigenvalue weighted by atomic mass is 79.9. The lowest BCUT2D eigenvalue weighted by atomic mass is 9.81. The first kappa shape index (κ1) is 15.8. The average molecular weight is 330 g/mol. The minimum atomic E-state index is -4.11. The van der Waals surface area contributed by atoms with Crippen molar-refractivity contribution in [2.45, 2.75) is 51.2 Å². The van der Waals surface area contributed by atoms with Crippen molar-refractivity contribution in [2.24, 2.45) is 11.8 Å². The Morgan fingerprint density at radius 3 is 2.33 bits per heavy atom. The third kappa shape index (κ3) is 4.78. The zero-order chi connectivity index (χ0) is 13.8. The molecule has 2 nitrogen and oxygen atoms in total. The zero-order valence-corrected chi connectivity index (χ0v) is 12.0. The topological polar surface area (TPSA) is 29.1 Å². The number of amides is 1. The first-order valence-corrected chi connectivity index (χ1v) is 7.39. The average Bonchev–Trinajstić information content (AvgIpc) is 2.28. The zero-order valence-electron chi connectivity index (χ0n) is 10.4. The van der Waals surface area contributed by atoms with Crippen LogP contribution in [0.5, 0.6) is 0 Å². The van der Waals surface area contributed by atoms with E-state index < -0.39 is 12.1 Å². The Bertz CT molecular complexity index is 275. The van der Waals surface area contributed by atoms with E-state index in [0.717, 1.165) is 11.8 Å². The first-order valence-electron chi connectivity index (χ1n) is 6.27. The van der Waals surface area contributed by atoms with Gasteiger partial charge in [0.25, 0.3) is 0 Å². The largest absolute Gasteiger partial charge is 0.391 e. The summed E-state index contributed by atoms with van der Waals surface area (Å²) in [4.78, 5) is 11.8. The van der Waals surface area contributed by atoms with E-state index in [1.807, 2.05) is 6.92 Å². The molecule has 0 spiro atoms. The van der Waals surface area contributed by atoms with E-state index in [4.69, 9.17) is 0 Å². The number of halogens is 4. The van der Waals surface area contributed by atoms with Crippen LogP contribution in [0.4, 0.5) is 13.2 Å². The maximum atomic E-state index is 12.5. The Morgan fingerprint density at radius 2 is 1.89 bits per heavy atom. The predicted octanol–water partition coefficient (Wildman–Crippen LogP) is 3.64. The number of rotatable bonds is 4. The van der Waals surface area contributed by atoms with E-state index in [1.54, 1.807) is 0 Å². The molecule has 1 unspecified atom stereocenters. The fourth-order valence-corrected chi connectivity index (χ4v) is 2.97. The number of alkyl halides is 4. The lowest BCUT2D eigenvalue weighted by molar-refractivity contribution is -0.184. The molecule has 106 valence electrons. The maximum Gasteiger partial charge on any atom is 0.391 e. The minimum absolute atomic E-state index is 0.0669. The van der Waals surface area contributed by atoms with Crippen LogP contribution >= 0.6 is 15.9 Å². The van der Waals surface area contributed by atoms with Crippen LogP contribution in [0.25, 0.3) is 0 Å². The van der Waals surface area contributed by atoms with Gasteiger partial charge in [-0.1, -0.05) is 15.9 Å². The summed E-state index contributed by atoms with van der Waals surface area (Å²) in [6.45, 7) is 1.90. The number of nitrogens with one attached hydrogen (secondary N) is 1. The Hall–Kier alpha value is -0.260. The van der Waals surface area contributed by atoms with E-state index in [2.05, 4.69) is 21.2 Å². The SMILES string of the molecule is CC(CCBr)NC(=O)C1CCC(C(F)(F)F)CC1. The molecule has 1 aliphatic carbocycles. The van der Waals surface area contributed by atoms with E-state index in [1.165, 1.54) is 0 Å². The molecule has 1 rings (SSSR count). The van der Waals surface area contributed by atoms with Crippen LogP contribution in [0, 0.1) is 11.8 Å². The quantitative estimate of drug-likeness (QED) is 0.784. The molecule has 0 heterocycles. The lowest BCUT2D eigenvalue weighted by Gasteiger charge is -2.29. The minimum Gasteiger partial charge on any atom is -0.353 e. The Balaban J connectivity index is 2.36. The highest BCUT2D eigenvalue weighted by Crippen LogP contribution is 2.39. The van der Waals surface area contributed by atoms with Crippen molar-refractivity contribution in [2.75, 3.05) is 5.33 Å². The van der Waals surface area contributed by atoms with Gasteiger partial charge in [-0.25, -0.2) is 0 Å². The fourth-order valence-electron chi connectivity index (χ4n) is 2.28. The van der Waals surface area contributed by atoms with Crippen LogP contribution < -0.4 is 5.32 Å². The first-order chi connectivity index (χ1) is 8.34. The maximum absolute atomic E-state index is 12.5. The van der Waals surface area contributed by atoms with Gasteiger partial charge < -0.3 is 5.32 Å². The van der Waals surface area contributed by atoms with Crippen LogP contribution in [-0.2, 0) is 4.79 Å². The summed E-state index contributed by atoms with van der Waals surface area (Å²) in [6, 6.07) is 0.0669. The fraction of sp³-hybridized carbons (Fsp3) is 0.917. The molecular weight excluding hydrogens is 311 g/mol. The highest BCUT2D eigenvalue weighted by molar-refractivity contribution is 9.09. The molecule has 0 saturated heterocycles. The molecule has 0 bridgehead atoms. The Morgan fingerprint density at radius 1 is 1.33 bits per heavy atom. The highest BCUT2D eigenvalue weighted by Gasteiger charge is 2.42. The second-order valence-corrected chi connectivity index (χ2v) is 5.77. The van der Waals surface area contributed by atoms with Gasteiger partial charge in [-0.15, -0.1) is 0 Å². The van der Waals surface area contributed by atoms with Crippen LogP contribution in [0.15, 0.2) is 0 Å². The third-order valence-electron chi connectivity index (χ3n) is 3.49. The van der Waals surface area contributed by atoms with Crippen LogP contribution in [0.3, 0.4) is 0 Å². The number of carbonyl (C=O) groups excluding carboxylic acids is 1. The van der Waals surface area contributed by atoms with Gasteiger partial charge in [0.15, 0.2) is 0 Å². The third-order valence-corrected chi connectivity index (χ3v) is 3.95. The molecule has 0 aromatic heterocycles. The van der Waals surface area contributed by atoms with Gasteiger partial charge >= 0.3 is 6.18 Å². The van der Waals surface area contributed by atoms with Gasteiger partial charge in [-0.3, -0.25) is 4.79 Å². The molecule has 0 aromatic rings. The molecule has 1 fully saturated rings. The summed E-state index contributed by atoms with van der Waals surface area (Å²) in [6.07, 6.45) is -2.44. The van der Waals surface area contributed by atoms with Gasteiger partial charge in [0.2, 0.25) is 5.91 Å². The Labute approximate surface area is 114 Å². The summed E-state index contributed by atoms with van der Waals surface area (Å²) >= 11 is 3.29. The second-order valence-electron chi connectivity index (χ2n) is 4.98. The number of hydrogen-bond acceptors (Lipinski definition) is 1. The molecule has 1 N–H and O–H groups in total. The molecule has 0 radical (unpaired) electrons. The summed E-state index contributed by atoms with van der Waals surface area (Å²) < 4.78 is 37.4. The van der Waals surface area contributed by atoms with Crippen molar-refractivity contribution in [3.63, 3.8) is 0 Å². The van der Waals surface area contributed by atoms with Crippen LogP contribution in [-0.4, -0.2) is 23.5 Å². The number of carbonyl (C=O) groups is 1. The standard InChI is InChI=1S/C12H19BrF3NO/c1-8(6-7-13)17-11(18)9-2-4-10(5-3-9)12(14,15)16/h8-10H,2-7H2,1H3,(H,17,18). The summed E-state index contributed by atoms with van der Waals surface area (Å²) in [5.41, 5.74) is 0. The van der Waals surface area contributed by atoms with Gasteiger partial charge in [-0.2, -0.15) is 13.2 Å². The molecule has 1 amide bonds. The van der Waals surface area contributed by atoms with Gasteiger partial charge in [-0.05, 0) is 39.0 Å². The molecule has 0 aliphatic heterocycles. The van der Waals surface area contributed by atoms with E-state index >= 15 is 0 Å². The van der Waals surface area contributed by atoms with E-state index in [0.29, 0.717) is 12.8 Å². The summed E-state index contributed by atoms with van der Waals surface area (Å²) in [7, 11) is 0. The van der Waals surface area contributed by atoms with Gasteiger partial charge in [0.1, 0.15) is 0 Å². The van der Waals surface area contributed by atoms with Crippen molar-refractivity contribution >= 4 is 21.8 Å². The molecule has 1 atom stereocenters. The van der Waals surface area contributed by atoms with E-state index in [-0.39, 0.29) is 30.7 Å². The molecule has 1 aliphatic rings. The van der Waals surface area contributed by atoms with Crippen molar-refractivity contribution < 1.29 is 18.0 Å². The second kappa shape index (κ2) is 6.78. The Kier molecular flexibility index (Phi) is 5.95. The van der Waals surface area contributed by atoms with Crippen LogP contribution in [0.1, 0.15) is 39.0 Å². The van der Waals surface area contributed by atoms with Gasteiger partial charge in [0, 0.05) is 17.3 Å². The summed E-state index contributed by atoms with van der Waals surface area (Å²) in [5.74, 6) is -1.56. The normalized spacial score (nSPS) is 26.7. The molecule has 0 aromatic carbocycles.